The molecule has 0 saturated heterocycles. The SMILES string of the molecule is Brc1ccc2c(c1)C1(CCCC1)c1ccccc1O2. The highest BCUT2D eigenvalue weighted by molar-refractivity contribution is 9.10. The summed E-state index contributed by atoms with van der Waals surface area (Å²) in [5.74, 6) is 2.07. The van der Waals surface area contributed by atoms with Crippen molar-refractivity contribution in [3.8, 4) is 11.5 Å². The number of hydrogen-bond acceptors (Lipinski definition) is 1. The van der Waals surface area contributed by atoms with E-state index in [4.69, 9.17) is 4.74 Å². The van der Waals surface area contributed by atoms with Gasteiger partial charge in [-0.25, -0.2) is 0 Å². The number of rotatable bonds is 0. The molecule has 2 aromatic carbocycles. The maximum absolute atomic E-state index is 6.10. The maximum atomic E-state index is 6.10. The molecule has 0 amide bonds. The van der Waals surface area contributed by atoms with E-state index < -0.39 is 0 Å². The first-order valence-electron chi connectivity index (χ1n) is 6.87. The summed E-state index contributed by atoms with van der Waals surface area (Å²) in [5.41, 5.74) is 2.91. The van der Waals surface area contributed by atoms with E-state index in [2.05, 4.69) is 58.4 Å². The molecule has 4 rings (SSSR count). The van der Waals surface area contributed by atoms with Crippen molar-refractivity contribution in [1.29, 1.82) is 0 Å². The lowest BCUT2D eigenvalue weighted by molar-refractivity contribution is 0.393. The Morgan fingerprint density at radius 1 is 0.895 bits per heavy atom. The maximum Gasteiger partial charge on any atom is 0.131 e. The Labute approximate surface area is 121 Å². The Kier molecular flexibility index (Phi) is 2.49. The van der Waals surface area contributed by atoms with Crippen molar-refractivity contribution in [3.63, 3.8) is 0 Å². The minimum Gasteiger partial charge on any atom is -0.457 e. The van der Waals surface area contributed by atoms with Gasteiger partial charge in [0.2, 0.25) is 0 Å². The zero-order valence-electron chi connectivity index (χ0n) is 10.7. The molecule has 96 valence electrons. The van der Waals surface area contributed by atoms with E-state index in [1.807, 2.05) is 0 Å². The summed E-state index contributed by atoms with van der Waals surface area (Å²) in [6.45, 7) is 0. The molecule has 0 atom stereocenters. The molecule has 1 saturated carbocycles. The highest BCUT2D eigenvalue weighted by atomic mass is 79.9. The monoisotopic (exact) mass is 314 g/mol. The summed E-state index contributed by atoms with van der Waals surface area (Å²) in [6.07, 6.45) is 5.08. The Bertz CT molecular complexity index is 641. The van der Waals surface area contributed by atoms with E-state index in [-0.39, 0.29) is 5.41 Å². The van der Waals surface area contributed by atoms with Crippen LogP contribution in [0.3, 0.4) is 0 Å². The molecule has 1 aliphatic carbocycles. The van der Waals surface area contributed by atoms with Crippen molar-refractivity contribution >= 4 is 15.9 Å². The second kappa shape index (κ2) is 4.11. The molecule has 0 N–H and O–H groups in total. The average molecular weight is 315 g/mol. The Balaban J connectivity index is 2.01. The summed E-state index contributed by atoms with van der Waals surface area (Å²) in [7, 11) is 0. The summed E-state index contributed by atoms with van der Waals surface area (Å²) in [4.78, 5) is 0. The van der Waals surface area contributed by atoms with Crippen molar-refractivity contribution in [3.05, 3.63) is 58.1 Å². The quantitative estimate of drug-likeness (QED) is 0.631. The first kappa shape index (κ1) is 11.5. The molecule has 1 fully saturated rings. The van der Waals surface area contributed by atoms with Crippen molar-refractivity contribution in [2.24, 2.45) is 0 Å². The number of halogens is 1. The molecular weight excluding hydrogens is 300 g/mol. The van der Waals surface area contributed by atoms with E-state index in [1.165, 1.54) is 36.8 Å². The topological polar surface area (TPSA) is 9.23 Å². The van der Waals surface area contributed by atoms with E-state index in [1.54, 1.807) is 0 Å². The molecule has 0 aromatic heterocycles. The van der Waals surface area contributed by atoms with Gasteiger partial charge in [-0.1, -0.05) is 47.0 Å². The normalized spacial score (nSPS) is 18.8. The number of fused-ring (bicyclic) bond motifs is 4. The standard InChI is InChI=1S/C17H15BrO/c18-12-7-8-16-14(11-12)17(9-3-4-10-17)13-5-1-2-6-15(13)19-16/h1-2,5-8,11H,3-4,9-10H2. The number of hydrogen-bond donors (Lipinski definition) is 0. The Hall–Kier alpha value is -1.28. The molecule has 0 unspecified atom stereocenters. The van der Waals surface area contributed by atoms with Gasteiger partial charge in [0.05, 0.1) is 0 Å². The van der Waals surface area contributed by atoms with Crippen molar-refractivity contribution in [1.82, 2.24) is 0 Å². The van der Waals surface area contributed by atoms with Gasteiger partial charge in [-0.05, 0) is 37.1 Å². The second-order valence-corrected chi connectivity index (χ2v) is 6.44. The van der Waals surface area contributed by atoms with E-state index in [9.17, 15) is 0 Å². The van der Waals surface area contributed by atoms with Crippen molar-refractivity contribution < 1.29 is 4.74 Å². The van der Waals surface area contributed by atoms with Gasteiger partial charge in [0.1, 0.15) is 11.5 Å². The smallest absolute Gasteiger partial charge is 0.131 e. The second-order valence-electron chi connectivity index (χ2n) is 5.53. The third-order valence-electron chi connectivity index (χ3n) is 4.54. The van der Waals surface area contributed by atoms with Gasteiger partial charge in [0, 0.05) is 21.0 Å². The fourth-order valence-corrected chi connectivity index (χ4v) is 4.06. The lowest BCUT2D eigenvalue weighted by Crippen LogP contribution is -2.28. The zero-order valence-corrected chi connectivity index (χ0v) is 12.2. The van der Waals surface area contributed by atoms with E-state index in [0.717, 1.165) is 16.0 Å². The highest BCUT2D eigenvalue weighted by Gasteiger charge is 2.43. The van der Waals surface area contributed by atoms with Crippen LogP contribution in [0.25, 0.3) is 0 Å². The zero-order chi connectivity index (χ0) is 12.9. The summed E-state index contributed by atoms with van der Waals surface area (Å²) < 4.78 is 7.24. The molecule has 2 heteroatoms. The van der Waals surface area contributed by atoms with Crippen LogP contribution in [0, 0.1) is 0 Å². The van der Waals surface area contributed by atoms with Gasteiger partial charge in [-0.3, -0.25) is 0 Å². The van der Waals surface area contributed by atoms with Crippen LogP contribution in [-0.2, 0) is 5.41 Å². The molecule has 2 aromatic rings. The van der Waals surface area contributed by atoms with Crippen LogP contribution in [0.5, 0.6) is 11.5 Å². The largest absolute Gasteiger partial charge is 0.457 e. The molecule has 2 aliphatic rings. The van der Waals surface area contributed by atoms with Crippen LogP contribution in [0.2, 0.25) is 0 Å². The van der Waals surface area contributed by atoms with Gasteiger partial charge < -0.3 is 4.74 Å². The van der Waals surface area contributed by atoms with Gasteiger partial charge >= 0.3 is 0 Å². The predicted molar refractivity (Wildman–Crippen MR) is 79.9 cm³/mol. The minimum atomic E-state index is 0.175. The fraction of sp³-hybridized carbons (Fsp3) is 0.294. The van der Waals surface area contributed by atoms with Gasteiger partial charge in [-0.2, -0.15) is 0 Å². The van der Waals surface area contributed by atoms with Crippen LogP contribution in [0.15, 0.2) is 46.9 Å². The van der Waals surface area contributed by atoms with E-state index >= 15 is 0 Å². The van der Waals surface area contributed by atoms with Gasteiger partial charge in [0.15, 0.2) is 0 Å². The van der Waals surface area contributed by atoms with Crippen molar-refractivity contribution in [2.75, 3.05) is 0 Å². The number of para-hydroxylation sites is 1. The lowest BCUT2D eigenvalue weighted by atomic mass is 9.71. The average Bonchev–Trinajstić information content (AvgIpc) is 2.91. The van der Waals surface area contributed by atoms with Crippen molar-refractivity contribution in [2.45, 2.75) is 31.1 Å². The number of ether oxygens (including phenoxy) is 1. The summed E-state index contributed by atoms with van der Waals surface area (Å²) in [5, 5.41) is 0. The minimum absolute atomic E-state index is 0.175. The molecule has 1 aliphatic heterocycles. The molecule has 1 spiro atoms. The molecular formula is C17H15BrO. The molecule has 0 radical (unpaired) electrons. The van der Waals surface area contributed by atoms with E-state index in [0.29, 0.717) is 0 Å². The third-order valence-corrected chi connectivity index (χ3v) is 5.03. The number of benzene rings is 2. The summed E-state index contributed by atoms with van der Waals surface area (Å²) >= 11 is 3.61. The first-order chi connectivity index (χ1) is 9.29. The first-order valence-corrected chi connectivity index (χ1v) is 7.66. The molecule has 0 bridgehead atoms. The third kappa shape index (κ3) is 1.59. The molecule has 1 nitrogen and oxygen atoms in total. The van der Waals surface area contributed by atoms with Gasteiger partial charge in [0.25, 0.3) is 0 Å². The van der Waals surface area contributed by atoms with Crippen LogP contribution in [0.4, 0.5) is 0 Å². The molecule has 19 heavy (non-hydrogen) atoms. The lowest BCUT2D eigenvalue weighted by Gasteiger charge is -2.37. The predicted octanol–water partition coefficient (Wildman–Crippen LogP) is 5.41. The van der Waals surface area contributed by atoms with Crippen LogP contribution < -0.4 is 4.74 Å². The Morgan fingerprint density at radius 2 is 1.63 bits per heavy atom. The van der Waals surface area contributed by atoms with Gasteiger partial charge in [-0.15, -0.1) is 0 Å². The summed E-state index contributed by atoms with van der Waals surface area (Å²) in [6, 6.07) is 14.9. The molecule has 1 heterocycles. The Morgan fingerprint density at radius 3 is 2.47 bits per heavy atom. The van der Waals surface area contributed by atoms with Crippen LogP contribution >= 0.6 is 15.9 Å². The van der Waals surface area contributed by atoms with Crippen LogP contribution in [0.1, 0.15) is 36.8 Å². The van der Waals surface area contributed by atoms with Crippen LogP contribution in [-0.4, -0.2) is 0 Å². The highest BCUT2D eigenvalue weighted by Crippen LogP contribution is 2.56. The fourth-order valence-electron chi connectivity index (χ4n) is 3.70.